The molecule has 2 N–H and O–H groups in total. The monoisotopic (exact) mass is 524 g/mol. The van der Waals surface area contributed by atoms with E-state index >= 15 is 0 Å². The van der Waals surface area contributed by atoms with Gasteiger partial charge in [0.05, 0.1) is 11.6 Å². The number of carboxylic acids is 1. The number of hydrogen-bond acceptors (Lipinski definition) is 7. The summed E-state index contributed by atoms with van der Waals surface area (Å²) >= 11 is 0. The van der Waals surface area contributed by atoms with Crippen molar-refractivity contribution in [1.29, 1.82) is 0 Å². The number of rotatable bonds is 10. The molecule has 0 saturated heterocycles. The van der Waals surface area contributed by atoms with Crippen molar-refractivity contribution in [2.75, 3.05) is 5.32 Å². The number of aromatic nitrogens is 3. The largest absolute Gasteiger partial charge is 0.573 e. The summed E-state index contributed by atoms with van der Waals surface area (Å²) in [5.74, 6) is -2.00. The summed E-state index contributed by atoms with van der Waals surface area (Å²) in [5, 5.41) is 12.9. The van der Waals surface area contributed by atoms with Crippen molar-refractivity contribution >= 4 is 11.8 Å². The van der Waals surface area contributed by atoms with Crippen LogP contribution in [0, 0.1) is 5.92 Å². The van der Waals surface area contributed by atoms with Crippen molar-refractivity contribution in [3.05, 3.63) is 102 Å². The molecule has 0 saturated carbocycles. The smallest absolute Gasteiger partial charge is 0.481 e. The van der Waals surface area contributed by atoms with E-state index in [0.29, 0.717) is 23.6 Å². The Balaban J connectivity index is 1.50. The van der Waals surface area contributed by atoms with Crippen molar-refractivity contribution in [2.45, 2.75) is 25.7 Å². The maximum absolute atomic E-state index is 12.5. The number of pyridine rings is 1. The predicted octanol–water partition coefficient (Wildman–Crippen LogP) is 6.03. The first-order chi connectivity index (χ1) is 18.2. The normalized spacial score (nSPS) is 12.8. The molecule has 4 rings (SSSR count). The molecule has 0 fully saturated rings. The average molecular weight is 524 g/mol. The molecule has 0 amide bonds. The number of benzene rings is 2. The highest BCUT2D eigenvalue weighted by atomic mass is 19.4. The topological polar surface area (TPSA) is 106 Å². The summed E-state index contributed by atoms with van der Waals surface area (Å²) in [6.07, 6.45) is -1.69. The van der Waals surface area contributed by atoms with E-state index in [-0.39, 0.29) is 6.01 Å². The Morgan fingerprint density at radius 3 is 2.29 bits per heavy atom. The molecule has 2 unspecified atom stereocenters. The molecule has 2 atom stereocenters. The lowest BCUT2D eigenvalue weighted by Crippen LogP contribution is -2.21. The Morgan fingerprint density at radius 2 is 1.66 bits per heavy atom. The Labute approximate surface area is 216 Å². The van der Waals surface area contributed by atoms with Gasteiger partial charge in [0.1, 0.15) is 17.3 Å². The highest BCUT2D eigenvalue weighted by Gasteiger charge is 2.32. The number of anilines is 1. The van der Waals surface area contributed by atoms with Crippen molar-refractivity contribution in [2.24, 2.45) is 5.92 Å². The van der Waals surface area contributed by atoms with E-state index < -0.39 is 29.9 Å². The number of carbonyl (C=O) groups is 1. The number of aliphatic carboxylic acids is 1. The van der Waals surface area contributed by atoms with Crippen LogP contribution in [0.15, 0.2) is 85.2 Å². The molecule has 0 aliphatic carbocycles. The van der Waals surface area contributed by atoms with Crippen molar-refractivity contribution in [3.8, 4) is 17.5 Å². The summed E-state index contributed by atoms with van der Waals surface area (Å²) in [6.45, 7) is 2.05. The number of nitrogens with one attached hydrogen (secondary N) is 1. The molecule has 0 aliphatic rings. The zero-order valence-corrected chi connectivity index (χ0v) is 20.1. The molecule has 38 heavy (non-hydrogen) atoms. The van der Waals surface area contributed by atoms with Crippen LogP contribution in [0.4, 0.5) is 19.0 Å². The standard InChI is InChI=1S/C27H23F3N4O4/c1-17(25(35)36)24(19-7-11-21(12-8-19)38-27(28,29)30)22-13-15-32-26(34-22)37-20-9-5-18(6-10-20)16-33-23-4-2-3-14-31-23/h2-15,17,24H,16H2,1H3,(H,31,33)(H,35,36). The fourth-order valence-corrected chi connectivity index (χ4v) is 3.75. The first-order valence-corrected chi connectivity index (χ1v) is 11.5. The zero-order valence-electron chi connectivity index (χ0n) is 20.1. The van der Waals surface area contributed by atoms with Gasteiger partial charge in [-0.1, -0.05) is 37.3 Å². The summed E-state index contributed by atoms with van der Waals surface area (Å²) < 4.78 is 47.3. The van der Waals surface area contributed by atoms with Gasteiger partial charge < -0.3 is 19.9 Å². The number of carboxylic acid groups (broad SMARTS) is 1. The fourth-order valence-electron chi connectivity index (χ4n) is 3.75. The minimum absolute atomic E-state index is 0.00137. The average Bonchev–Trinajstić information content (AvgIpc) is 2.89. The number of alkyl halides is 3. The minimum atomic E-state index is -4.83. The van der Waals surface area contributed by atoms with Crippen LogP contribution in [0.2, 0.25) is 0 Å². The second-order valence-corrected chi connectivity index (χ2v) is 8.30. The minimum Gasteiger partial charge on any atom is -0.481 e. The summed E-state index contributed by atoms with van der Waals surface area (Å²) in [5.41, 5.74) is 1.78. The van der Waals surface area contributed by atoms with Gasteiger partial charge in [0.2, 0.25) is 0 Å². The van der Waals surface area contributed by atoms with Crippen LogP contribution >= 0.6 is 0 Å². The van der Waals surface area contributed by atoms with E-state index in [4.69, 9.17) is 4.74 Å². The molecule has 0 bridgehead atoms. The molecule has 4 aromatic rings. The van der Waals surface area contributed by atoms with E-state index in [1.807, 2.05) is 30.3 Å². The summed E-state index contributed by atoms with van der Waals surface area (Å²) in [7, 11) is 0. The maximum Gasteiger partial charge on any atom is 0.573 e. The lowest BCUT2D eigenvalue weighted by Gasteiger charge is -2.21. The Hall–Kier alpha value is -4.67. The Morgan fingerprint density at radius 1 is 0.947 bits per heavy atom. The van der Waals surface area contributed by atoms with Crippen LogP contribution in [0.3, 0.4) is 0 Å². The third-order valence-corrected chi connectivity index (χ3v) is 5.61. The SMILES string of the molecule is CC(C(=O)O)C(c1ccc(OC(F)(F)F)cc1)c1ccnc(Oc2ccc(CNc3ccccn3)cc2)n1. The molecule has 8 nitrogen and oxygen atoms in total. The van der Waals surface area contributed by atoms with Gasteiger partial charge in [-0.2, -0.15) is 4.98 Å². The van der Waals surface area contributed by atoms with Gasteiger partial charge in [0, 0.05) is 24.9 Å². The van der Waals surface area contributed by atoms with Crippen LogP contribution in [0.5, 0.6) is 17.5 Å². The van der Waals surface area contributed by atoms with Crippen molar-refractivity contribution in [3.63, 3.8) is 0 Å². The van der Waals surface area contributed by atoms with Crippen LogP contribution in [-0.2, 0) is 11.3 Å². The summed E-state index contributed by atoms with van der Waals surface area (Å²) in [6, 6.07) is 19.4. The Kier molecular flexibility index (Phi) is 8.05. The molecule has 11 heteroatoms. The first-order valence-electron chi connectivity index (χ1n) is 11.5. The third-order valence-electron chi connectivity index (χ3n) is 5.61. The predicted molar refractivity (Wildman–Crippen MR) is 132 cm³/mol. The number of halogens is 3. The van der Waals surface area contributed by atoms with E-state index in [9.17, 15) is 23.1 Å². The van der Waals surface area contributed by atoms with Gasteiger partial charge in [0.15, 0.2) is 0 Å². The van der Waals surface area contributed by atoms with Crippen molar-refractivity contribution in [1.82, 2.24) is 15.0 Å². The van der Waals surface area contributed by atoms with Crippen LogP contribution < -0.4 is 14.8 Å². The van der Waals surface area contributed by atoms with Crippen molar-refractivity contribution < 1.29 is 32.5 Å². The van der Waals surface area contributed by atoms with Gasteiger partial charge in [-0.25, -0.2) is 9.97 Å². The zero-order chi connectivity index (χ0) is 27.1. The van der Waals surface area contributed by atoms with Crippen LogP contribution in [0.1, 0.15) is 29.7 Å². The third kappa shape index (κ3) is 7.19. The molecule has 0 aliphatic heterocycles. The number of ether oxygens (including phenoxy) is 2. The van der Waals surface area contributed by atoms with Crippen LogP contribution in [0.25, 0.3) is 0 Å². The highest BCUT2D eigenvalue weighted by molar-refractivity contribution is 5.71. The van der Waals surface area contributed by atoms with E-state index in [1.54, 1.807) is 24.4 Å². The second kappa shape index (κ2) is 11.6. The van der Waals surface area contributed by atoms with Gasteiger partial charge in [-0.05, 0) is 53.6 Å². The highest BCUT2D eigenvalue weighted by Crippen LogP contribution is 2.34. The van der Waals surface area contributed by atoms with Gasteiger partial charge in [-0.15, -0.1) is 13.2 Å². The van der Waals surface area contributed by atoms with E-state index in [1.165, 1.54) is 25.3 Å². The fraction of sp³-hybridized carbons (Fsp3) is 0.185. The number of nitrogens with zero attached hydrogens (tertiary/aromatic N) is 3. The Bertz CT molecular complexity index is 1350. The lowest BCUT2D eigenvalue weighted by molar-refractivity contribution is -0.274. The van der Waals surface area contributed by atoms with Gasteiger partial charge in [0.25, 0.3) is 0 Å². The molecule has 196 valence electrons. The molecule has 0 radical (unpaired) electrons. The lowest BCUT2D eigenvalue weighted by atomic mass is 9.84. The van der Waals surface area contributed by atoms with Gasteiger partial charge in [-0.3, -0.25) is 4.79 Å². The first kappa shape index (κ1) is 26.4. The number of hydrogen-bond donors (Lipinski definition) is 2. The van der Waals surface area contributed by atoms with E-state index in [2.05, 4.69) is 25.0 Å². The quantitative estimate of drug-likeness (QED) is 0.259. The molecular weight excluding hydrogens is 501 g/mol. The van der Waals surface area contributed by atoms with Gasteiger partial charge >= 0.3 is 18.3 Å². The summed E-state index contributed by atoms with van der Waals surface area (Å²) in [4.78, 5) is 24.6. The molecule has 2 aromatic carbocycles. The maximum atomic E-state index is 12.5. The molecule has 2 heterocycles. The molecule has 2 aromatic heterocycles. The second-order valence-electron chi connectivity index (χ2n) is 8.30. The molecule has 0 spiro atoms. The van der Waals surface area contributed by atoms with Crippen LogP contribution in [-0.4, -0.2) is 32.4 Å². The molecular formula is C27H23F3N4O4. The van der Waals surface area contributed by atoms with E-state index in [0.717, 1.165) is 23.5 Å².